The Kier molecular flexibility index (Phi) is 4.57. The van der Waals surface area contributed by atoms with Crippen LogP contribution in [0.15, 0.2) is 75.9 Å². The Bertz CT molecular complexity index is 1240. The van der Waals surface area contributed by atoms with Crippen LogP contribution in [-0.2, 0) is 9.53 Å². The summed E-state index contributed by atoms with van der Waals surface area (Å²) >= 11 is 0. The molecule has 0 spiro atoms. The molecule has 1 heterocycles. The van der Waals surface area contributed by atoms with Gasteiger partial charge < -0.3 is 14.3 Å². The number of rotatable bonds is 4. The number of fused-ring (bicyclic) bond motifs is 2. The molecule has 0 fully saturated rings. The van der Waals surface area contributed by atoms with Crippen molar-refractivity contribution in [3.05, 3.63) is 88.3 Å². The van der Waals surface area contributed by atoms with E-state index in [-0.39, 0.29) is 17.7 Å². The maximum Gasteiger partial charge on any atom is 0.343 e. The Hall–Kier alpha value is -3.60. The molecule has 1 unspecified atom stereocenters. The number of hydrogen-bond donors (Lipinski definition) is 1. The van der Waals surface area contributed by atoms with Gasteiger partial charge in [0.05, 0.1) is 24.5 Å². The Morgan fingerprint density at radius 1 is 1.04 bits per heavy atom. The molecule has 0 aliphatic rings. The van der Waals surface area contributed by atoms with Crippen LogP contribution in [0.2, 0.25) is 0 Å². The first-order valence-electron chi connectivity index (χ1n) is 8.88. The van der Waals surface area contributed by atoms with Crippen LogP contribution in [-0.4, -0.2) is 18.2 Å². The number of benzene rings is 3. The maximum absolute atomic E-state index is 12.7. The fraction of sp³-hybridized carbons (Fsp3) is 0.130. The fourth-order valence-corrected chi connectivity index (χ4v) is 3.52. The highest BCUT2D eigenvalue weighted by Crippen LogP contribution is 2.37. The van der Waals surface area contributed by atoms with Gasteiger partial charge in [0.15, 0.2) is 0 Å². The number of hydrogen-bond acceptors (Lipinski definition) is 5. The Morgan fingerprint density at radius 2 is 1.75 bits per heavy atom. The van der Waals surface area contributed by atoms with Crippen molar-refractivity contribution in [2.75, 3.05) is 7.11 Å². The van der Waals surface area contributed by atoms with Crippen molar-refractivity contribution in [1.82, 2.24) is 0 Å². The number of esters is 1. The lowest BCUT2D eigenvalue weighted by Crippen LogP contribution is -2.18. The van der Waals surface area contributed by atoms with E-state index >= 15 is 0 Å². The summed E-state index contributed by atoms with van der Waals surface area (Å²) in [5.74, 6) is -1.35. The third kappa shape index (κ3) is 3.11. The normalized spacial score (nSPS) is 12.2. The van der Waals surface area contributed by atoms with Crippen molar-refractivity contribution < 1.29 is 19.1 Å². The van der Waals surface area contributed by atoms with Crippen molar-refractivity contribution in [3.63, 3.8) is 0 Å². The SMILES string of the molecule is COC(=O)CC(c1ccc2ccccc2c1)c1c(O)c2ccccc2oc1=O. The van der Waals surface area contributed by atoms with Crippen LogP contribution in [0, 0.1) is 0 Å². The molecule has 4 rings (SSSR count). The van der Waals surface area contributed by atoms with E-state index in [1.165, 1.54) is 7.11 Å². The largest absolute Gasteiger partial charge is 0.507 e. The molecule has 0 bridgehead atoms. The molecular formula is C23H18O5. The number of carbonyl (C=O) groups excluding carboxylic acids is 1. The summed E-state index contributed by atoms with van der Waals surface area (Å²) in [4.78, 5) is 24.8. The Balaban J connectivity index is 1.95. The van der Waals surface area contributed by atoms with Gasteiger partial charge >= 0.3 is 11.6 Å². The third-order valence-electron chi connectivity index (χ3n) is 4.94. The lowest BCUT2D eigenvalue weighted by molar-refractivity contribution is -0.140. The van der Waals surface area contributed by atoms with E-state index in [2.05, 4.69) is 0 Å². The maximum atomic E-state index is 12.7. The molecule has 0 aliphatic carbocycles. The lowest BCUT2D eigenvalue weighted by Gasteiger charge is -2.18. The molecule has 0 saturated heterocycles. The molecular weight excluding hydrogens is 356 g/mol. The highest BCUT2D eigenvalue weighted by molar-refractivity contribution is 5.86. The predicted molar refractivity (Wildman–Crippen MR) is 107 cm³/mol. The minimum Gasteiger partial charge on any atom is -0.507 e. The second kappa shape index (κ2) is 7.19. The number of carbonyl (C=O) groups is 1. The molecule has 0 radical (unpaired) electrons. The number of aromatic hydroxyl groups is 1. The molecule has 28 heavy (non-hydrogen) atoms. The number of methoxy groups -OCH3 is 1. The van der Waals surface area contributed by atoms with Crippen LogP contribution in [0.4, 0.5) is 0 Å². The summed E-state index contributed by atoms with van der Waals surface area (Å²) in [5, 5.41) is 13.3. The van der Waals surface area contributed by atoms with Crippen LogP contribution in [0.25, 0.3) is 21.7 Å². The molecule has 0 saturated carbocycles. The summed E-state index contributed by atoms with van der Waals surface area (Å²) < 4.78 is 10.2. The van der Waals surface area contributed by atoms with Gasteiger partial charge in [0.2, 0.25) is 0 Å². The molecule has 1 N–H and O–H groups in total. The van der Waals surface area contributed by atoms with Crippen molar-refractivity contribution in [2.45, 2.75) is 12.3 Å². The Labute approximate surface area is 160 Å². The van der Waals surface area contributed by atoms with E-state index in [4.69, 9.17) is 9.15 Å². The molecule has 1 aromatic heterocycles. The second-order valence-electron chi connectivity index (χ2n) is 6.59. The average molecular weight is 374 g/mol. The van der Waals surface area contributed by atoms with Crippen LogP contribution in [0.5, 0.6) is 5.75 Å². The fourth-order valence-electron chi connectivity index (χ4n) is 3.52. The summed E-state index contributed by atoms with van der Waals surface area (Å²) in [6, 6.07) is 20.2. The molecule has 1 atom stereocenters. The van der Waals surface area contributed by atoms with Gasteiger partial charge in [-0.2, -0.15) is 0 Å². The van der Waals surface area contributed by atoms with E-state index in [1.54, 1.807) is 24.3 Å². The number of para-hydroxylation sites is 1. The van der Waals surface area contributed by atoms with Gasteiger partial charge in [0.1, 0.15) is 11.3 Å². The summed E-state index contributed by atoms with van der Waals surface area (Å²) in [7, 11) is 1.29. The minimum atomic E-state index is -0.696. The molecule has 5 nitrogen and oxygen atoms in total. The van der Waals surface area contributed by atoms with Crippen molar-refractivity contribution in [3.8, 4) is 5.75 Å². The van der Waals surface area contributed by atoms with Crippen molar-refractivity contribution in [2.24, 2.45) is 0 Å². The third-order valence-corrected chi connectivity index (χ3v) is 4.94. The minimum absolute atomic E-state index is 0.0550. The first-order chi connectivity index (χ1) is 13.6. The monoisotopic (exact) mass is 374 g/mol. The van der Waals surface area contributed by atoms with E-state index in [0.717, 1.165) is 16.3 Å². The molecule has 0 amide bonds. The van der Waals surface area contributed by atoms with Crippen LogP contribution in [0.3, 0.4) is 0 Å². The smallest absolute Gasteiger partial charge is 0.343 e. The predicted octanol–water partition coefficient (Wildman–Crippen LogP) is 4.35. The Morgan fingerprint density at radius 3 is 2.54 bits per heavy atom. The van der Waals surface area contributed by atoms with Gasteiger partial charge in [-0.3, -0.25) is 4.79 Å². The topological polar surface area (TPSA) is 76.7 Å². The van der Waals surface area contributed by atoms with Crippen molar-refractivity contribution in [1.29, 1.82) is 0 Å². The first-order valence-corrected chi connectivity index (χ1v) is 8.88. The van der Waals surface area contributed by atoms with Gasteiger partial charge in [-0.15, -0.1) is 0 Å². The van der Waals surface area contributed by atoms with E-state index in [0.29, 0.717) is 11.0 Å². The molecule has 0 aliphatic heterocycles. The summed E-state index contributed by atoms with van der Waals surface area (Å²) in [5.41, 5.74) is 0.406. The zero-order chi connectivity index (χ0) is 19.7. The van der Waals surface area contributed by atoms with Gasteiger partial charge in [-0.25, -0.2) is 4.79 Å². The highest BCUT2D eigenvalue weighted by Gasteiger charge is 2.27. The molecule has 4 aromatic rings. The summed E-state index contributed by atoms with van der Waals surface area (Å²) in [6.07, 6.45) is -0.0918. The van der Waals surface area contributed by atoms with Crippen molar-refractivity contribution >= 4 is 27.7 Å². The molecule has 140 valence electrons. The lowest BCUT2D eigenvalue weighted by atomic mass is 9.87. The second-order valence-corrected chi connectivity index (χ2v) is 6.59. The van der Waals surface area contributed by atoms with Gasteiger partial charge in [0.25, 0.3) is 0 Å². The van der Waals surface area contributed by atoms with Crippen LogP contribution in [0.1, 0.15) is 23.5 Å². The molecule has 5 heteroatoms. The number of ether oxygens (including phenoxy) is 1. The summed E-state index contributed by atoms with van der Waals surface area (Å²) in [6.45, 7) is 0. The standard InChI is InChI=1S/C23H18O5/c1-27-20(24)13-18(16-11-10-14-6-2-3-7-15(14)12-16)21-22(25)17-8-4-5-9-19(17)28-23(21)26/h2-12,18,25H,13H2,1H3. The van der Waals surface area contributed by atoms with E-state index in [1.807, 2.05) is 42.5 Å². The van der Waals surface area contributed by atoms with Gasteiger partial charge in [-0.05, 0) is 28.5 Å². The first kappa shape index (κ1) is 17.8. The average Bonchev–Trinajstić information content (AvgIpc) is 2.72. The zero-order valence-electron chi connectivity index (χ0n) is 15.2. The highest BCUT2D eigenvalue weighted by atomic mass is 16.5. The van der Waals surface area contributed by atoms with Crippen LogP contribution < -0.4 is 5.63 Å². The zero-order valence-corrected chi connectivity index (χ0v) is 15.2. The van der Waals surface area contributed by atoms with E-state index in [9.17, 15) is 14.7 Å². The van der Waals surface area contributed by atoms with Gasteiger partial charge in [-0.1, -0.05) is 54.6 Å². The molecule has 3 aromatic carbocycles. The quantitative estimate of drug-likeness (QED) is 0.425. The van der Waals surface area contributed by atoms with Gasteiger partial charge in [0, 0.05) is 5.92 Å². The van der Waals surface area contributed by atoms with Crippen LogP contribution >= 0.6 is 0 Å². The van der Waals surface area contributed by atoms with E-state index < -0.39 is 17.5 Å².